The molecule has 0 spiro atoms. The zero-order chi connectivity index (χ0) is 13.4. The highest BCUT2D eigenvalue weighted by atomic mass is 16.5. The van der Waals surface area contributed by atoms with Crippen molar-refractivity contribution in [2.75, 3.05) is 20.8 Å². The van der Waals surface area contributed by atoms with Crippen LogP contribution in [0.1, 0.15) is 31.9 Å². The van der Waals surface area contributed by atoms with Crippen LogP contribution in [0.3, 0.4) is 0 Å². The van der Waals surface area contributed by atoms with Crippen molar-refractivity contribution in [3.05, 3.63) is 23.8 Å². The van der Waals surface area contributed by atoms with Gasteiger partial charge in [-0.2, -0.15) is 0 Å². The minimum absolute atomic E-state index is 0.283. The molecule has 0 saturated heterocycles. The molecule has 1 N–H and O–H groups in total. The Morgan fingerprint density at radius 3 is 2.50 bits per heavy atom. The first kappa shape index (κ1) is 14.4. The lowest BCUT2D eigenvalue weighted by molar-refractivity contribution is 0.354. The molecule has 0 aliphatic carbocycles. The summed E-state index contributed by atoms with van der Waals surface area (Å²) < 4.78 is 10.6. The second kappa shape index (κ2) is 7.62. The summed E-state index contributed by atoms with van der Waals surface area (Å²) in [6.07, 6.45) is 1.00. The van der Waals surface area contributed by atoms with E-state index >= 15 is 0 Å². The number of hydrogen-bond acceptors (Lipinski definition) is 3. The number of rotatable bonds is 6. The number of methoxy groups -OCH3 is 2. The highest BCUT2D eigenvalue weighted by Gasteiger charge is 2.11. The zero-order valence-electron chi connectivity index (χ0n) is 11.5. The summed E-state index contributed by atoms with van der Waals surface area (Å²) >= 11 is 0. The summed E-state index contributed by atoms with van der Waals surface area (Å²) in [7, 11) is 3.29. The van der Waals surface area contributed by atoms with Crippen molar-refractivity contribution in [2.24, 2.45) is 0 Å². The lowest BCUT2D eigenvalue weighted by atomic mass is 10.0. The third-order valence-corrected chi connectivity index (χ3v) is 2.83. The van der Waals surface area contributed by atoms with Gasteiger partial charge in [0.05, 0.1) is 20.8 Å². The van der Waals surface area contributed by atoms with Gasteiger partial charge in [-0.05, 0) is 31.0 Å². The van der Waals surface area contributed by atoms with Gasteiger partial charge in [0, 0.05) is 6.04 Å². The van der Waals surface area contributed by atoms with Crippen molar-refractivity contribution in [1.82, 2.24) is 5.32 Å². The third kappa shape index (κ3) is 3.68. The van der Waals surface area contributed by atoms with E-state index < -0.39 is 0 Å². The molecule has 0 saturated carbocycles. The van der Waals surface area contributed by atoms with E-state index in [1.165, 1.54) is 5.56 Å². The second-order valence-corrected chi connectivity index (χ2v) is 3.88. The van der Waals surface area contributed by atoms with Crippen molar-refractivity contribution >= 4 is 0 Å². The number of ether oxygens (including phenoxy) is 2. The molecule has 0 heterocycles. The largest absolute Gasteiger partial charge is 0.493 e. The summed E-state index contributed by atoms with van der Waals surface area (Å²) in [6, 6.07) is 6.29. The summed E-state index contributed by atoms with van der Waals surface area (Å²) in [4.78, 5) is 0. The monoisotopic (exact) mass is 247 g/mol. The quantitative estimate of drug-likeness (QED) is 0.784. The van der Waals surface area contributed by atoms with Gasteiger partial charge in [0.2, 0.25) is 0 Å². The normalized spacial score (nSPS) is 11.3. The van der Waals surface area contributed by atoms with Crippen LogP contribution in [-0.4, -0.2) is 20.8 Å². The summed E-state index contributed by atoms with van der Waals surface area (Å²) in [5, 5.41) is 3.41. The maximum Gasteiger partial charge on any atom is 0.161 e. The molecule has 0 bridgehead atoms. The molecule has 1 atom stereocenters. The molecular weight excluding hydrogens is 226 g/mol. The van der Waals surface area contributed by atoms with E-state index in [4.69, 9.17) is 9.47 Å². The molecule has 98 valence electrons. The van der Waals surface area contributed by atoms with Crippen LogP contribution in [0.2, 0.25) is 0 Å². The van der Waals surface area contributed by atoms with Crippen LogP contribution < -0.4 is 14.8 Å². The van der Waals surface area contributed by atoms with Crippen LogP contribution in [0.15, 0.2) is 18.2 Å². The standard InChI is InChI=1S/C15H21NO2/c1-5-7-10-16-13(6-2)12-8-9-14(17-3)15(11-12)18-4/h8-9,11,13,16H,6,10H2,1-4H3. The van der Waals surface area contributed by atoms with E-state index in [0.717, 1.165) is 17.9 Å². The van der Waals surface area contributed by atoms with E-state index in [9.17, 15) is 0 Å². The number of nitrogens with one attached hydrogen (secondary N) is 1. The summed E-state index contributed by atoms with van der Waals surface area (Å²) in [6.45, 7) is 4.69. The van der Waals surface area contributed by atoms with E-state index in [1.54, 1.807) is 14.2 Å². The first-order valence-corrected chi connectivity index (χ1v) is 6.11. The number of hydrogen-bond donors (Lipinski definition) is 1. The van der Waals surface area contributed by atoms with Gasteiger partial charge in [0.15, 0.2) is 11.5 Å². The molecule has 0 fully saturated rings. The van der Waals surface area contributed by atoms with Crippen LogP contribution in [-0.2, 0) is 0 Å². The number of benzene rings is 1. The highest BCUT2D eigenvalue weighted by molar-refractivity contribution is 5.43. The maximum absolute atomic E-state index is 5.32. The molecule has 0 radical (unpaired) electrons. The Morgan fingerprint density at radius 1 is 1.22 bits per heavy atom. The van der Waals surface area contributed by atoms with Crippen molar-refractivity contribution < 1.29 is 9.47 Å². The van der Waals surface area contributed by atoms with Gasteiger partial charge in [-0.15, -0.1) is 5.92 Å². The molecule has 1 aromatic rings. The minimum Gasteiger partial charge on any atom is -0.493 e. The van der Waals surface area contributed by atoms with Crippen LogP contribution in [0.25, 0.3) is 0 Å². The molecule has 3 heteroatoms. The fourth-order valence-corrected chi connectivity index (χ4v) is 1.83. The van der Waals surface area contributed by atoms with Crippen molar-refractivity contribution in [3.8, 4) is 23.3 Å². The lowest BCUT2D eigenvalue weighted by Gasteiger charge is -2.17. The average molecular weight is 247 g/mol. The Morgan fingerprint density at radius 2 is 1.94 bits per heavy atom. The van der Waals surface area contributed by atoms with Gasteiger partial charge in [0.1, 0.15) is 0 Å². The topological polar surface area (TPSA) is 30.5 Å². The Bertz CT molecular complexity index is 432. The molecular formula is C15H21NO2. The predicted octanol–water partition coefficient (Wildman–Crippen LogP) is 2.77. The fraction of sp³-hybridized carbons (Fsp3) is 0.467. The summed E-state index contributed by atoms with van der Waals surface area (Å²) in [5.41, 5.74) is 1.19. The van der Waals surface area contributed by atoms with Crippen LogP contribution in [0.5, 0.6) is 11.5 Å². The molecule has 0 aromatic heterocycles. The smallest absolute Gasteiger partial charge is 0.161 e. The third-order valence-electron chi connectivity index (χ3n) is 2.83. The van der Waals surface area contributed by atoms with Gasteiger partial charge in [-0.3, -0.25) is 5.32 Å². The molecule has 18 heavy (non-hydrogen) atoms. The van der Waals surface area contributed by atoms with Crippen molar-refractivity contribution in [3.63, 3.8) is 0 Å². The van der Waals surface area contributed by atoms with Gasteiger partial charge >= 0.3 is 0 Å². The van der Waals surface area contributed by atoms with Crippen molar-refractivity contribution in [1.29, 1.82) is 0 Å². The van der Waals surface area contributed by atoms with Gasteiger partial charge in [-0.1, -0.05) is 18.9 Å². The maximum atomic E-state index is 5.32. The molecule has 0 amide bonds. The Kier molecular flexibility index (Phi) is 6.10. The van der Waals surface area contributed by atoms with Crippen LogP contribution in [0.4, 0.5) is 0 Å². The average Bonchev–Trinajstić information content (AvgIpc) is 2.43. The van der Waals surface area contributed by atoms with E-state index in [2.05, 4.69) is 30.1 Å². The van der Waals surface area contributed by atoms with Gasteiger partial charge in [0.25, 0.3) is 0 Å². The first-order chi connectivity index (χ1) is 8.76. The predicted molar refractivity (Wildman–Crippen MR) is 74.0 cm³/mol. The van der Waals surface area contributed by atoms with Crippen LogP contribution >= 0.6 is 0 Å². The Hall–Kier alpha value is -1.66. The second-order valence-electron chi connectivity index (χ2n) is 3.88. The molecule has 0 aliphatic heterocycles. The van der Waals surface area contributed by atoms with Gasteiger partial charge < -0.3 is 9.47 Å². The summed E-state index contributed by atoms with van der Waals surface area (Å²) in [5.74, 6) is 7.41. The fourth-order valence-electron chi connectivity index (χ4n) is 1.83. The van der Waals surface area contributed by atoms with Crippen LogP contribution in [0, 0.1) is 11.8 Å². The molecule has 0 aliphatic rings. The Balaban J connectivity index is 2.87. The minimum atomic E-state index is 0.283. The lowest BCUT2D eigenvalue weighted by Crippen LogP contribution is -2.21. The van der Waals surface area contributed by atoms with Gasteiger partial charge in [-0.25, -0.2) is 0 Å². The van der Waals surface area contributed by atoms with E-state index in [-0.39, 0.29) is 6.04 Å². The first-order valence-electron chi connectivity index (χ1n) is 6.11. The Labute approximate surface area is 109 Å². The highest BCUT2D eigenvalue weighted by Crippen LogP contribution is 2.30. The molecule has 1 unspecified atom stereocenters. The van der Waals surface area contributed by atoms with Crippen molar-refractivity contribution in [2.45, 2.75) is 26.3 Å². The van der Waals surface area contributed by atoms with E-state index in [0.29, 0.717) is 6.54 Å². The zero-order valence-corrected chi connectivity index (χ0v) is 11.5. The molecule has 1 aromatic carbocycles. The van der Waals surface area contributed by atoms with E-state index in [1.807, 2.05) is 19.1 Å². The molecule has 3 nitrogen and oxygen atoms in total. The molecule has 1 rings (SSSR count). The SMILES string of the molecule is CC#CCNC(CC)c1ccc(OC)c(OC)c1.